The van der Waals surface area contributed by atoms with Crippen molar-refractivity contribution >= 4 is 21.8 Å². The molecule has 2 rings (SSSR count). The van der Waals surface area contributed by atoms with Crippen LogP contribution < -0.4 is 0 Å². The molecule has 0 unspecified atom stereocenters. The van der Waals surface area contributed by atoms with Crippen molar-refractivity contribution in [2.75, 3.05) is 14.1 Å². The summed E-state index contributed by atoms with van der Waals surface area (Å²) in [5.74, 6) is 0.751. The molecule has 0 amide bonds. The van der Waals surface area contributed by atoms with Crippen molar-refractivity contribution in [3.63, 3.8) is 0 Å². The molecule has 0 spiro atoms. The fraction of sp³-hybridized carbons (Fsp3) is 0.294. The normalized spacial score (nSPS) is 11.9. The van der Waals surface area contributed by atoms with Crippen LogP contribution in [0.5, 0.6) is 0 Å². The predicted molar refractivity (Wildman–Crippen MR) is 92.8 cm³/mol. The van der Waals surface area contributed by atoms with Crippen LogP contribution in [-0.4, -0.2) is 26.8 Å². The summed E-state index contributed by atoms with van der Waals surface area (Å²) >= 11 is 1.73. The molecule has 0 heterocycles. The van der Waals surface area contributed by atoms with Crippen LogP contribution in [0.15, 0.2) is 52.3 Å². The van der Waals surface area contributed by atoms with Crippen LogP contribution in [0.4, 0.5) is 0 Å². The first-order valence-corrected chi connectivity index (χ1v) is 9.45. The number of hydrogen-bond acceptors (Lipinski definition) is 3. The van der Waals surface area contributed by atoms with Crippen molar-refractivity contribution in [3.05, 3.63) is 59.2 Å². The van der Waals surface area contributed by atoms with Crippen LogP contribution in [0.25, 0.3) is 0 Å². The van der Waals surface area contributed by atoms with Gasteiger partial charge in [-0.3, -0.25) is 0 Å². The number of hydrogen-bond donors (Lipinski definition) is 0. The highest BCUT2D eigenvalue weighted by Gasteiger charge is 2.17. The maximum Gasteiger partial charge on any atom is 0.242 e. The first-order valence-electron chi connectivity index (χ1n) is 7.02. The van der Waals surface area contributed by atoms with Gasteiger partial charge in [-0.25, -0.2) is 12.7 Å². The SMILES string of the molecule is Cc1ccc(C)c(SCc2cccc(S(=O)(=O)N(C)C)c2)c1. The van der Waals surface area contributed by atoms with E-state index in [1.807, 2.05) is 6.07 Å². The monoisotopic (exact) mass is 335 g/mol. The summed E-state index contributed by atoms with van der Waals surface area (Å²) in [4.78, 5) is 1.58. The van der Waals surface area contributed by atoms with Gasteiger partial charge < -0.3 is 0 Å². The van der Waals surface area contributed by atoms with Crippen molar-refractivity contribution in [2.45, 2.75) is 29.4 Å². The summed E-state index contributed by atoms with van der Waals surface area (Å²) in [5.41, 5.74) is 3.48. The molecule has 0 aliphatic rings. The average Bonchev–Trinajstić information content (AvgIpc) is 2.48. The lowest BCUT2D eigenvalue weighted by Gasteiger charge is -2.12. The third-order valence-corrected chi connectivity index (χ3v) is 6.45. The number of rotatable bonds is 5. The van der Waals surface area contributed by atoms with Gasteiger partial charge in [0.2, 0.25) is 10.0 Å². The van der Waals surface area contributed by atoms with Gasteiger partial charge in [0.15, 0.2) is 0 Å². The smallest absolute Gasteiger partial charge is 0.207 e. The number of nitrogens with zero attached hydrogens (tertiary/aromatic N) is 1. The minimum absolute atomic E-state index is 0.344. The van der Waals surface area contributed by atoms with E-state index in [0.29, 0.717) is 4.90 Å². The number of aryl methyl sites for hydroxylation is 2. The van der Waals surface area contributed by atoms with Crippen LogP contribution in [0.3, 0.4) is 0 Å². The molecule has 0 saturated heterocycles. The van der Waals surface area contributed by atoms with Gasteiger partial charge >= 0.3 is 0 Å². The number of benzene rings is 2. The van der Waals surface area contributed by atoms with E-state index in [2.05, 4.69) is 32.0 Å². The number of sulfonamides is 1. The summed E-state index contributed by atoms with van der Waals surface area (Å²) < 4.78 is 25.6. The Balaban J connectivity index is 2.20. The van der Waals surface area contributed by atoms with Crippen molar-refractivity contribution in [1.29, 1.82) is 0 Å². The van der Waals surface area contributed by atoms with Crippen molar-refractivity contribution in [3.8, 4) is 0 Å². The maximum atomic E-state index is 12.2. The Bertz CT molecular complexity index is 768. The molecule has 5 heteroatoms. The molecule has 0 bridgehead atoms. The zero-order valence-electron chi connectivity index (χ0n) is 13.3. The zero-order chi connectivity index (χ0) is 16.3. The van der Waals surface area contributed by atoms with Crippen LogP contribution in [0.2, 0.25) is 0 Å². The summed E-state index contributed by atoms with van der Waals surface area (Å²) in [7, 11) is -0.276. The lowest BCUT2D eigenvalue weighted by Crippen LogP contribution is -2.22. The van der Waals surface area contributed by atoms with E-state index in [9.17, 15) is 8.42 Å². The molecule has 0 radical (unpaired) electrons. The summed E-state index contributed by atoms with van der Waals surface area (Å²) in [5, 5.41) is 0. The van der Waals surface area contributed by atoms with Crippen LogP contribution in [-0.2, 0) is 15.8 Å². The lowest BCUT2D eigenvalue weighted by atomic mass is 10.2. The van der Waals surface area contributed by atoms with Gasteiger partial charge in [-0.05, 0) is 43.2 Å². The molecular formula is C17H21NO2S2. The van der Waals surface area contributed by atoms with E-state index < -0.39 is 10.0 Å². The molecule has 0 aromatic heterocycles. The van der Waals surface area contributed by atoms with Gasteiger partial charge in [0.1, 0.15) is 0 Å². The maximum absolute atomic E-state index is 12.2. The summed E-state index contributed by atoms with van der Waals surface area (Å²) in [6.45, 7) is 4.17. The van der Waals surface area contributed by atoms with Gasteiger partial charge in [-0.1, -0.05) is 29.8 Å². The molecule has 0 fully saturated rings. The zero-order valence-corrected chi connectivity index (χ0v) is 15.0. The van der Waals surface area contributed by atoms with Crippen molar-refractivity contribution in [1.82, 2.24) is 4.31 Å². The van der Waals surface area contributed by atoms with Crippen LogP contribution in [0, 0.1) is 13.8 Å². The molecule has 0 N–H and O–H groups in total. The Morgan fingerprint density at radius 3 is 2.45 bits per heavy atom. The third kappa shape index (κ3) is 3.91. The molecular weight excluding hydrogens is 314 g/mol. The van der Waals surface area contributed by atoms with E-state index in [4.69, 9.17) is 0 Å². The Morgan fingerprint density at radius 1 is 1.05 bits per heavy atom. The summed E-state index contributed by atoms with van der Waals surface area (Å²) in [6, 6.07) is 13.5. The molecule has 3 nitrogen and oxygen atoms in total. The van der Waals surface area contributed by atoms with Crippen LogP contribution in [0.1, 0.15) is 16.7 Å². The van der Waals surface area contributed by atoms with Gasteiger partial charge in [-0.15, -0.1) is 11.8 Å². The fourth-order valence-corrected chi connectivity index (χ4v) is 4.07. The van der Waals surface area contributed by atoms with E-state index in [1.165, 1.54) is 20.3 Å². The van der Waals surface area contributed by atoms with Gasteiger partial charge in [0.05, 0.1) is 4.90 Å². The molecule has 2 aromatic rings. The minimum atomic E-state index is -3.37. The molecule has 0 aliphatic carbocycles. The molecule has 2 aromatic carbocycles. The van der Waals surface area contributed by atoms with Crippen molar-refractivity contribution < 1.29 is 8.42 Å². The Labute approximate surface area is 137 Å². The molecule has 118 valence electrons. The molecule has 22 heavy (non-hydrogen) atoms. The fourth-order valence-electron chi connectivity index (χ4n) is 2.03. The predicted octanol–water partition coefficient (Wildman–Crippen LogP) is 3.85. The number of thioether (sulfide) groups is 1. The first kappa shape index (κ1) is 17.1. The highest BCUT2D eigenvalue weighted by molar-refractivity contribution is 7.98. The Hall–Kier alpha value is -1.30. The van der Waals surface area contributed by atoms with E-state index >= 15 is 0 Å². The van der Waals surface area contributed by atoms with Gasteiger partial charge in [0.25, 0.3) is 0 Å². The van der Waals surface area contributed by atoms with Gasteiger partial charge in [-0.2, -0.15) is 0 Å². The molecule has 0 atom stereocenters. The summed E-state index contributed by atoms with van der Waals surface area (Å²) in [6.07, 6.45) is 0. The van der Waals surface area contributed by atoms with E-state index in [1.54, 1.807) is 44.1 Å². The standard InChI is InChI=1S/C17H21NO2S2/c1-13-8-9-14(2)17(10-13)21-12-15-6-5-7-16(11-15)22(19,20)18(3)4/h5-11H,12H2,1-4H3. The largest absolute Gasteiger partial charge is 0.242 e. The highest BCUT2D eigenvalue weighted by atomic mass is 32.2. The average molecular weight is 335 g/mol. The quantitative estimate of drug-likeness (QED) is 0.779. The highest BCUT2D eigenvalue weighted by Crippen LogP contribution is 2.27. The lowest BCUT2D eigenvalue weighted by molar-refractivity contribution is 0.520. The molecule has 0 aliphatic heterocycles. The topological polar surface area (TPSA) is 37.4 Å². The second-order valence-corrected chi connectivity index (χ2v) is 8.66. The van der Waals surface area contributed by atoms with Gasteiger partial charge in [0, 0.05) is 24.7 Å². The third-order valence-electron chi connectivity index (χ3n) is 3.42. The van der Waals surface area contributed by atoms with Crippen molar-refractivity contribution in [2.24, 2.45) is 0 Å². The van der Waals surface area contributed by atoms with E-state index in [-0.39, 0.29) is 0 Å². The molecule has 0 saturated carbocycles. The van der Waals surface area contributed by atoms with E-state index in [0.717, 1.165) is 11.3 Å². The second-order valence-electron chi connectivity index (χ2n) is 5.49. The Morgan fingerprint density at radius 2 is 1.77 bits per heavy atom. The first-order chi connectivity index (χ1) is 10.3. The van der Waals surface area contributed by atoms with Crippen LogP contribution >= 0.6 is 11.8 Å². The minimum Gasteiger partial charge on any atom is -0.207 e. The Kier molecular flexibility index (Phi) is 5.32. The second kappa shape index (κ2) is 6.86.